The van der Waals surface area contributed by atoms with Crippen LogP contribution in [0.15, 0.2) is 54.6 Å². The molecule has 0 atom stereocenters. The number of thiazole rings is 1. The van der Waals surface area contributed by atoms with Gasteiger partial charge < -0.3 is 10.1 Å². The van der Waals surface area contributed by atoms with E-state index in [0.29, 0.717) is 17.1 Å². The molecule has 0 bridgehead atoms. The lowest BCUT2D eigenvalue weighted by Gasteiger charge is -2.12. The summed E-state index contributed by atoms with van der Waals surface area (Å²) in [5.74, 6) is -1.83. The molecule has 0 saturated carbocycles. The third-order valence-corrected chi connectivity index (χ3v) is 4.95. The first-order chi connectivity index (χ1) is 14.2. The number of hydrogen-bond acceptors (Lipinski definition) is 5. The number of nitrogens with one attached hydrogen (secondary N) is 2. The van der Waals surface area contributed by atoms with Crippen LogP contribution in [0.2, 0.25) is 0 Å². The summed E-state index contributed by atoms with van der Waals surface area (Å²) in [6, 6.07) is 14.3. The predicted octanol–water partition coefficient (Wildman–Crippen LogP) is 4.53. The molecule has 1 aromatic heterocycles. The molecule has 10 heteroatoms. The van der Waals surface area contributed by atoms with Crippen molar-refractivity contribution in [2.24, 2.45) is 0 Å². The summed E-state index contributed by atoms with van der Waals surface area (Å²) in [4.78, 5) is 29.3. The summed E-state index contributed by atoms with van der Waals surface area (Å²) in [7, 11) is 0. The minimum atomic E-state index is -4.93. The first kappa shape index (κ1) is 21.3. The lowest BCUT2D eigenvalue weighted by Crippen LogP contribution is -2.22. The van der Waals surface area contributed by atoms with Gasteiger partial charge in [-0.1, -0.05) is 53.8 Å². The van der Waals surface area contributed by atoms with Crippen LogP contribution in [0.5, 0.6) is 5.75 Å². The van der Waals surface area contributed by atoms with Crippen LogP contribution in [-0.4, -0.2) is 23.2 Å². The molecule has 0 aliphatic carbocycles. The van der Waals surface area contributed by atoms with E-state index in [4.69, 9.17) is 0 Å². The second kappa shape index (κ2) is 8.95. The Bertz CT molecular complexity index is 1050. The van der Waals surface area contributed by atoms with Gasteiger partial charge in [-0.3, -0.25) is 14.9 Å². The number of aromatic nitrogens is 1. The zero-order chi connectivity index (χ0) is 21.7. The van der Waals surface area contributed by atoms with Crippen LogP contribution >= 0.6 is 11.3 Å². The summed E-state index contributed by atoms with van der Waals surface area (Å²) in [6.07, 6.45) is -4.93. The van der Waals surface area contributed by atoms with Crippen LogP contribution in [0.1, 0.15) is 31.3 Å². The molecule has 30 heavy (non-hydrogen) atoms. The Morgan fingerprint density at radius 1 is 1.03 bits per heavy atom. The number of benzene rings is 2. The number of alkyl halides is 3. The van der Waals surface area contributed by atoms with Crippen LogP contribution in [0.3, 0.4) is 0 Å². The molecule has 0 fully saturated rings. The number of amides is 2. The van der Waals surface area contributed by atoms with Crippen molar-refractivity contribution >= 4 is 28.3 Å². The first-order valence-corrected chi connectivity index (χ1v) is 9.50. The lowest BCUT2D eigenvalue weighted by atomic mass is 10.2. The molecular formula is C20H16F3N3O3S. The Morgan fingerprint density at radius 2 is 1.70 bits per heavy atom. The van der Waals surface area contributed by atoms with Crippen molar-refractivity contribution in [2.45, 2.75) is 19.8 Å². The molecule has 0 spiro atoms. The number of carbonyl (C=O) groups excluding carboxylic acids is 2. The van der Waals surface area contributed by atoms with Gasteiger partial charge in [0, 0.05) is 6.54 Å². The van der Waals surface area contributed by atoms with Crippen LogP contribution in [0.25, 0.3) is 0 Å². The minimum Gasteiger partial charge on any atom is -0.405 e. The van der Waals surface area contributed by atoms with Crippen LogP contribution in [0, 0.1) is 6.92 Å². The number of nitrogens with zero attached hydrogens (tertiary/aromatic N) is 1. The molecule has 6 nitrogen and oxygen atoms in total. The van der Waals surface area contributed by atoms with Crippen molar-refractivity contribution in [1.29, 1.82) is 0 Å². The molecule has 3 rings (SSSR count). The maximum atomic E-state index is 12.5. The maximum Gasteiger partial charge on any atom is 0.573 e. The molecule has 0 radical (unpaired) electrons. The summed E-state index contributed by atoms with van der Waals surface area (Å²) < 4.78 is 41.5. The zero-order valence-electron chi connectivity index (χ0n) is 15.6. The number of halogens is 3. The molecule has 3 aromatic rings. The molecule has 0 unspecified atom stereocenters. The monoisotopic (exact) mass is 435 g/mol. The number of ether oxygens (including phenoxy) is 1. The fourth-order valence-electron chi connectivity index (χ4n) is 2.55. The number of para-hydroxylation sites is 1. The molecule has 156 valence electrons. The Morgan fingerprint density at radius 3 is 2.40 bits per heavy atom. The van der Waals surface area contributed by atoms with Gasteiger partial charge in [0.1, 0.15) is 10.6 Å². The van der Waals surface area contributed by atoms with Gasteiger partial charge >= 0.3 is 6.36 Å². The van der Waals surface area contributed by atoms with Crippen LogP contribution in [-0.2, 0) is 6.54 Å². The molecular weight excluding hydrogens is 419 g/mol. The quantitative estimate of drug-likeness (QED) is 0.596. The number of hydrogen-bond donors (Lipinski definition) is 2. The summed E-state index contributed by atoms with van der Waals surface area (Å²) in [5, 5.41) is 5.27. The Kier molecular flexibility index (Phi) is 6.36. The highest BCUT2D eigenvalue weighted by Crippen LogP contribution is 2.28. The third-order valence-electron chi connectivity index (χ3n) is 3.88. The number of rotatable bonds is 6. The van der Waals surface area contributed by atoms with Crippen molar-refractivity contribution in [1.82, 2.24) is 10.3 Å². The Labute approximate surface area is 173 Å². The van der Waals surface area contributed by atoms with Crippen molar-refractivity contribution in [3.8, 4) is 5.75 Å². The van der Waals surface area contributed by atoms with Gasteiger partial charge in [-0.25, -0.2) is 4.98 Å². The normalized spacial score (nSPS) is 11.1. The highest BCUT2D eigenvalue weighted by Gasteiger charge is 2.33. The summed E-state index contributed by atoms with van der Waals surface area (Å²) >= 11 is 0.927. The van der Waals surface area contributed by atoms with Crippen LogP contribution in [0.4, 0.5) is 18.3 Å². The number of anilines is 1. The largest absolute Gasteiger partial charge is 0.573 e. The molecule has 0 aliphatic rings. The van der Waals surface area contributed by atoms with E-state index in [-0.39, 0.29) is 16.6 Å². The topological polar surface area (TPSA) is 80.3 Å². The fourth-order valence-corrected chi connectivity index (χ4v) is 3.43. The predicted molar refractivity (Wildman–Crippen MR) is 106 cm³/mol. The fraction of sp³-hybridized carbons (Fsp3) is 0.150. The van der Waals surface area contributed by atoms with E-state index < -0.39 is 18.0 Å². The van der Waals surface area contributed by atoms with E-state index in [1.165, 1.54) is 18.2 Å². The smallest absolute Gasteiger partial charge is 0.405 e. The van der Waals surface area contributed by atoms with Crippen molar-refractivity contribution in [3.63, 3.8) is 0 Å². The van der Waals surface area contributed by atoms with Gasteiger partial charge in [0.25, 0.3) is 11.8 Å². The molecule has 2 N–H and O–H groups in total. The van der Waals surface area contributed by atoms with Crippen molar-refractivity contribution in [3.05, 3.63) is 76.3 Å². The second-order valence-corrected chi connectivity index (χ2v) is 7.10. The van der Waals surface area contributed by atoms with Crippen molar-refractivity contribution < 1.29 is 27.5 Å². The molecule has 0 saturated heterocycles. The average molecular weight is 435 g/mol. The standard InChI is InChI=1S/C20H16F3N3O3S/c1-12-16(18(28)24-11-13-7-3-2-4-8-13)30-19(25-12)26-17(27)14-9-5-6-10-15(14)29-20(21,22)23/h2-10H,11H2,1H3,(H,24,28)(H,25,26,27). The maximum absolute atomic E-state index is 12.5. The van der Waals surface area contributed by atoms with E-state index in [2.05, 4.69) is 20.4 Å². The number of carbonyl (C=O) groups is 2. The van der Waals surface area contributed by atoms with Gasteiger partial charge in [0.15, 0.2) is 5.13 Å². The van der Waals surface area contributed by atoms with Crippen molar-refractivity contribution in [2.75, 3.05) is 5.32 Å². The highest BCUT2D eigenvalue weighted by molar-refractivity contribution is 7.17. The summed E-state index contributed by atoms with van der Waals surface area (Å²) in [6.45, 7) is 1.92. The average Bonchev–Trinajstić information content (AvgIpc) is 3.06. The molecule has 2 aromatic carbocycles. The molecule has 1 heterocycles. The SMILES string of the molecule is Cc1nc(NC(=O)c2ccccc2OC(F)(F)F)sc1C(=O)NCc1ccccc1. The minimum absolute atomic E-state index is 0.0872. The van der Waals surface area contributed by atoms with Gasteiger partial charge in [-0.2, -0.15) is 0 Å². The van der Waals surface area contributed by atoms with Gasteiger partial charge in [0.2, 0.25) is 0 Å². The van der Waals surface area contributed by atoms with E-state index >= 15 is 0 Å². The summed E-state index contributed by atoms with van der Waals surface area (Å²) in [5.41, 5.74) is 1.00. The molecule has 2 amide bonds. The highest BCUT2D eigenvalue weighted by atomic mass is 32.1. The van der Waals surface area contributed by atoms with Gasteiger partial charge in [-0.15, -0.1) is 13.2 Å². The van der Waals surface area contributed by atoms with E-state index in [0.717, 1.165) is 23.0 Å². The van der Waals surface area contributed by atoms with Gasteiger partial charge in [-0.05, 0) is 24.6 Å². The van der Waals surface area contributed by atoms with Crippen LogP contribution < -0.4 is 15.4 Å². The van der Waals surface area contributed by atoms with E-state index in [1.54, 1.807) is 6.92 Å². The molecule has 0 aliphatic heterocycles. The Hall–Kier alpha value is -3.40. The van der Waals surface area contributed by atoms with Gasteiger partial charge in [0.05, 0.1) is 11.3 Å². The zero-order valence-corrected chi connectivity index (χ0v) is 16.4. The number of aryl methyl sites for hydroxylation is 1. The third kappa shape index (κ3) is 5.57. The van der Waals surface area contributed by atoms with E-state index in [9.17, 15) is 22.8 Å². The lowest BCUT2D eigenvalue weighted by molar-refractivity contribution is -0.274. The van der Waals surface area contributed by atoms with E-state index in [1.807, 2.05) is 30.3 Å². The first-order valence-electron chi connectivity index (χ1n) is 8.68. The second-order valence-electron chi connectivity index (χ2n) is 6.10. The Balaban J connectivity index is 1.70.